The molecule has 1 aliphatic rings. The normalized spacial score (nSPS) is 15.3. The van der Waals surface area contributed by atoms with Gasteiger partial charge in [0.05, 0.1) is 0 Å². The van der Waals surface area contributed by atoms with Crippen LogP contribution in [-0.2, 0) is 4.79 Å². The summed E-state index contributed by atoms with van der Waals surface area (Å²) in [5.41, 5.74) is 0.0353. The molecule has 2 heteroatoms. The fraction of sp³-hybridized carbons (Fsp3) is 0.929. The van der Waals surface area contributed by atoms with Crippen LogP contribution < -0.4 is 0 Å². The zero-order valence-corrected chi connectivity index (χ0v) is 12.6. The van der Waals surface area contributed by atoms with Gasteiger partial charge < -0.3 is 4.90 Å². The SMILES string of the molecule is CC.CC(C)(C)N1CCCC1=O.CC(C)C. The molecule has 0 saturated carbocycles. The molecule has 1 heterocycles. The minimum absolute atomic E-state index is 0.0353. The van der Waals surface area contributed by atoms with Crippen molar-refractivity contribution in [1.29, 1.82) is 0 Å². The van der Waals surface area contributed by atoms with E-state index in [2.05, 4.69) is 41.5 Å². The van der Waals surface area contributed by atoms with E-state index < -0.39 is 0 Å². The third-order valence-corrected chi connectivity index (χ3v) is 1.88. The lowest BCUT2D eigenvalue weighted by molar-refractivity contribution is -0.131. The molecule has 98 valence electrons. The molecular formula is C14H31NO. The summed E-state index contributed by atoms with van der Waals surface area (Å²) in [6, 6.07) is 0. The molecule has 1 saturated heterocycles. The molecule has 1 rings (SSSR count). The van der Waals surface area contributed by atoms with Gasteiger partial charge in [0, 0.05) is 18.5 Å². The van der Waals surface area contributed by atoms with Crippen LogP contribution >= 0.6 is 0 Å². The van der Waals surface area contributed by atoms with Crippen molar-refractivity contribution < 1.29 is 4.79 Å². The van der Waals surface area contributed by atoms with Crippen molar-refractivity contribution in [3.8, 4) is 0 Å². The van der Waals surface area contributed by atoms with Crippen LogP contribution in [0.1, 0.15) is 68.2 Å². The van der Waals surface area contributed by atoms with Gasteiger partial charge in [-0.3, -0.25) is 4.79 Å². The summed E-state index contributed by atoms with van der Waals surface area (Å²) in [6.45, 7) is 17.7. The Morgan fingerprint density at radius 1 is 1.12 bits per heavy atom. The minimum atomic E-state index is 0.0353. The molecule has 1 amide bonds. The van der Waals surface area contributed by atoms with E-state index in [-0.39, 0.29) is 5.54 Å². The van der Waals surface area contributed by atoms with Crippen molar-refractivity contribution in [2.24, 2.45) is 5.92 Å². The fourth-order valence-electron chi connectivity index (χ4n) is 1.36. The minimum Gasteiger partial charge on any atom is -0.338 e. The van der Waals surface area contributed by atoms with Crippen LogP contribution in [0.2, 0.25) is 0 Å². The molecular weight excluding hydrogens is 198 g/mol. The van der Waals surface area contributed by atoms with Crippen molar-refractivity contribution in [3.63, 3.8) is 0 Å². The van der Waals surface area contributed by atoms with Crippen LogP contribution in [0.15, 0.2) is 0 Å². The van der Waals surface area contributed by atoms with Gasteiger partial charge >= 0.3 is 0 Å². The Hall–Kier alpha value is -0.530. The first-order valence-corrected chi connectivity index (χ1v) is 6.55. The fourth-order valence-corrected chi connectivity index (χ4v) is 1.36. The zero-order valence-electron chi connectivity index (χ0n) is 12.6. The van der Waals surface area contributed by atoms with Crippen LogP contribution in [-0.4, -0.2) is 22.9 Å². The Morgan fingerprint density at radius 2 is 1.50 bits per heavy atom. The summed E-state index contributed by atoms with van der Waals surface area (Å²) in [4.78, 5) is 13.1. The lowest BCUT2D eigenvalue weighted by atomic mass is 10.1. The van der Waals surface area contributed by atoms with Gasteiger partial charge in [0.15, 0.2) is 0 Å². The zero-order chi connectivity index (χ0) is 13.4. The lowest BCUT2D eigenvalue weighted by Crippen LogP contribution is -2.41. The van der Waals surface area contributed by atoms with E-state index in [4.69, 9.17) is 0 Å². The standard InChI is InChI=1S/C8H15NO.C4H10.C2H6/c1-8(2,3)9-6-4-5-7(9)10;1-4(2)3;1-2/h4-6H2,1-3H3;4H,1-3H3;1-2H3. The molecule has 0 aromatic rings. The van der Waals surface area contributed by atoms with Gasteiger partial charge in [-0.25, -0.2) is 0 Å². The molecule has 1 aliphatic heterocycles. The summed E-state index contributed by atoms with van der Waals surface area (Å²) in [5.74, 6) is 1.15. The summed E-state index contributed by atoms with van der Waals surface area (Å²) in [7, 11) is 0. The highest BCUT2D eigenvalue weighted by Crippen LogP contribution is 2.20. The Bertz CT molecular complexity index is 177. The predicted molar refractivity (Wildman–Crippen MR) is 72.6 cm³/mol. The molecule has 0 bridgehead atoms. The number of amides is 1. The molecule has 0 spiro atoms. The maximum atomic E-state index is 11.1. The highest BCUT2D eigenvalue weighted by Gasteiger charge is 2.29. The molecule has 16 heavy (non-hydrogen) atoms. The van der Waals surface area contributed by atoms with E-state index in [1.54, 1.807) is 0 Å². The van der Waals surface area contributed by atoms with Crippen molar-refractivity contribution in [2.45, 2.75) is 73.8 Å². The lowest BCUT2D eigenvalue weighted by Gasteiger charge is -2.31. The summed E-state index contributed by atoms with van der Waals surface area (Å²) in [5, 5.41) is 0. The van der Waals surface area contributed by atoms with E-state index in [1.165, 1.54) is 0 Å². The average Bonchev–Trinajstić information content (AvgIpc) is 2.53. The smallest absolute Gasteiger partial charge is 0.223 e. The predicted octanol–water partition coefficient (Wildman–Crippen LogP) is 4.10. The summed E-state index contributed by atoms with van der Waals surface area (Å²) < 4.78 is 0. The molecule has 1 fully saturated rings. The number of carbonyl (C=O) groups is 1. The van der Waals surface area contributed by atoms with Crippen molar-refractivity contribution in [3.05, 3.63) is 0 Å². The highest BCUT2D eigenvalue weighted by atomic mass is 16.2. The molecule has 0 N–H and O–H groups in total. The van der Waals surface area contributed by atoms with Gasteiger partial charge in [-0.15, -0.1) is 0 Å². The van der Waals surface area contributed by atoms with E-state index in [9.17, 15) is 4.79 Å². The van der Waals surface area contributed by atoms with E-state index in [1.807, 2.05) is 18.7 Å². The quantitative estimate of drug-likeness (QED) is 0.612. The molecule has 0 aliphatic carbocycles. The van der Waals surface area contributed by atoms with Gasteiger partial charge in [-0.05, 0) is 33.1 Å². The van der Waals surface area contributed by atoms with Gasteiger partial charge in [-0.1, -0.05) is 34.6 Å². The largest absolute Gasteiger partial charge is 0.338 e. The Balaban J connectivity index is 0. The first kappa shape index (κ1) is 17.9. The highest BCUT2D eigenvalue weighted by molar-refractivity contribution is 5.78. The third-order valence-electron chi connectivity index (χ3n) is 1.88. The molecule has 2 nitrogen and oxygen atoms in total. The topological polar surface area (TPSA) is 20.3 Å². The number of hydrogen-bond donors (Lipinski definition) is 0. The Kier molecular flexibility index (Phi) is 9.60. The maximum absolute atomic E-state index is 11.1. The number of nitrogens with zero attached hydrogens (tertiary/aromatic N) is 1. The van der Waals surface area contributed by atoms with Crippen LogP contribution in [0.25, 0.3) is 0 Å². The monoisotopic (exact) mass is 229 g/mol. The number of carbonyl (C=O) groups excluding carboxylic acids is 1. The van der Waals surface area contributed by atoms with Crippen molar-refractivity contribution >= 4 is 5.91 Å². The summed E-state index contributed by atoms with van der Waals surface area (Å²) in [6.07, 6.45) is 1.79. The number of rotatable bonds is 0. The van der Waals surface area contributed by atoms with E-state index in [0.717, 1.165) is 25.3 Å². The van der Waals surface area contributed by atoms with Crippen LogP contribution in [0.4, 0.5) is 0 Å². The Morgan fingerprint density at radius 3 is 1.62 bits per heavy atom. The second-order valence-corrected chi connectivity index (χ2v) is 5.55. The molecule has 0 unspecified atom stereocenters. The van der Waals surface area contributed by atoms with Gasteiger partial charge in [0.1, 0.15) is 0 Å². The van der Waals surface area contributed by atoms with Crippen molar-refractivity contribution in [1.82, 2.24) is 4.90 Å². The molecule has 0 aromatic heterocycles. The molecule has 0 aromatic carbocycles. The van der Waals surface area contributed by atoms with Gasteiger partial charge in [0.25, 0.3) is 0 Å². The second-order valence-electron chi connectivity index (χ2n) is 5.55. The molecule has 0 radical (unpaired) electrons. The third kappa shape index (κ3) is 8.75. The van der Waals surface area contributed by atoms with Crippen LogP contribution in [0.3, 0.4) is 0 Å². The molecule has 0 atom stereocenters. The van der Waals surface area contributed by atoms with Gasteiger partial charge in [0.2, 0.25) is 5.91 Å². The Labute approximate surface area is 102 Å². The van der Waals surface area contributed by atoms with Gasteiger partial charge in [-0.2, -0.15) is 0 Å². The number of hydrogen-bond acceptors (Lipinski definition) is 1. The van der Waals surface area contributed by atoms with E-state index >= 15 is 0 Å². The second kappa shape index (κ2) is 8.60. The van der Waals surface area contributed by atoms with Crippen molar-refractivity contribution in [2.75, 3.05) is 6.54 Å². The van der Waals surface area contributed by atoms with E-state index in [0.29, 0.717) is 5.91 Å². The number of likely N-dealkylation sites (tertiary alicyclic amines) is 1. The van der Waals surface area contributed by atoms with Crippen LogP contribution in [0.5, 0.6) is 0 Å². The summed E-state index contributed by atoms with van der Waals surface area (Å²) >= 11 is 0. The first-order valence-electron chi connectivity index (χ1n) is 6.55. The maximum Gasteiger partial charge on any atom is 0.223 e. The average molecular weight is 229 g/mol. The first-order chi connectivity index (χ1) is 7.25. The van der Waals surface area contributed by atoms with Crippen LogP contribution in [0, 0.1) is 5.92 Å².